The second-order valence-electron chi connectivity index (χ2n) is 5.78. The second kappa shape index (κ2) is 6.65. The van der Waals surface area contributed by atoms with Gasteiger partial charge in [0.2, 0.25) is 0 Å². The van der Waals surface area contributed by atoms with Gasteiger partial charge in [0.15, 0.2) is 0 Å². The van der Waals surface area contributed by atoms with Crippen molar-refractivity contribution in [3.05, 3.63) is 23.2 Å². The molecule has 1 aliphatic carbocycles. The Morgan fingerprint density at radius 3 is 2.81 bits per heavy atom. The fraction of sp³-hybridized carbons (Fsp3) is 0.600. The van der Waals surface area contributed by atoms with Crippen molar-refractivity contribution in [2.24, 2.45) is 5.92 Å². The topological polar surface area (TPSA) is 91.6 Å². The molecule has 1 aromatic rings. The molecule has 2 rings (SSSR count). The van der Waals surface area contributed by atoms with Gasteiger partial charge in [0.1, 0.15) is 17.1 Å². The van der Waals surface area contributed by atoms with E-state index in [0.29, 0.717) is 17.4 Å². The predicted molar refractivity (Wildman–Crippen MR) is 77.2 cm³/mol. The van der Waals surface area contributed by atoms with Crippen LogP contribution in [0.4, 0.5) is 4.79 Å². The van der Waals surface area contributed by atoms with Crippen molar-refractivity contribution in [1.29, 1.82) is 0 Å². The molecule has 2 atom stereocenters. The van der Waals surface area contributed by atoms with Crippen LogP contribution in [0.3, 0.4) is 0 Å². The molecule has 0 radical (unpaired) electrons. The van der Waals surface area contributed by atoms with Crippen molar-refractivity contribution >= 4 is 12.0 Å². The smallest absolute Gasteiger partial charge is 0.339 e. The zero-order valence-electron chi connectivity index (χ0n) is 12.4. The molecule has 6 nitrogen and oxygen atoms in total. The van der Waals surface area contributed by atoms with E-state index < -0.39 is 5.97 Å². The largest absolute Gasteiger partial charge is 0.478 e. The molecule has 1 aromatic heterocycles. The molecule has 1 heterocycles. The Morgan fingerprint density at radius 1 is 1.43 bits per heavy atom. The van der Waals surface area contributed by atoms with Crippen molar-refractivity contribution in [3.63, 3.8) is 0 Å². The molecule has 0 bridgehead atoms. The van der Waals surface area contributed by atoms with Gasteiger partial charge in [-0.3, -0.25) is 0 Å². The van der Waals surface area contributed by atoms with Gasteiger partial charge in [0.25, 0.3) is 0 Å². The highest BCUT2D eigenvalue weighted by molar-refractivity contribution is 5.88. The summed E-state index contributed by atoms with van der Waals surface area (Å²) in [6.07, 6.45) is 4.39. The molecule has 3 N–H and O–H groups in total. The third kappa shape index (κ3) is 4.24. The zero-order chi connectivity index (χ0) is 15.4. The first-order valence-corrected chi connectivity index (χ1v) is 7.32. The van der Waals surface area contributed by atoms with E-state index in [9.17, 15) is 9.59 Å². The van der Waals surface area contributed by atoms with Gasteiger partial charge in [-0.25, -0.2) is 9.59 Å². The summed E-state index contributed by atoms with van der Waals surface area (Å²) in [5, 5.41) is 14.6. The van der Waals surface area contributed by atoms with Gasteiger partial charge >= 0.3 is 12.0 Å². The third-order valence-electron chi connectivity index (χ3n) is 3.89. The first-order chi connectivity index (χ1) is 9.95. The molecule has 0 aliphatic heterocycles. The van der Waals surface area contributed by atoms with Gasteiger partial charge < -0.3 is 20.2 Å². The molecule has 2 unspecified atom stereocenters. The lowest BCUT2D eigenvalue weighted by Gasteiger charge is -2.27. The van der Waals surface area contributed by atoms with E-state index in [1.165, 1.54) is 12.5 Å². The van der Waals surface area contributed by atoms with E-state index in [-0.39, 0.29) is 24.2 Å². The number of hydrogen-bond donors (Lipinski definition) is 3. The summed E-state index contributed by atoms with van der Waals surface area (Å²) >= 11 is 0. The lowest BCUT2D eigenvalue weighted by Crippen LogP contribution is -2.43. The summed E-state index contributed by atoms with van der Waals surface area (Å²) in [5.41, 5.74) is 0.133. The molecule has 2 amide bonds. The summed E-state index contributed by atoms with van der Waals surface area (Å²) in [6, 6.07) is 1.43. The van der Waals surface area contributed by atoms with Gasteiger partial charge in [-0.2, -0.15) is 0 Å². The number of carbonyl (C=O) groups excluding carboxylic acids is 1. The van der Waals surface area contributed by atoms with Crippen molar-refractivity contribution < 1.29 is 19.1 Å². The molecule has 21 heavy (non-hydrogen) atoms. The number of aromatic carboxylic acids is 1. The minimum Gasteiger partial charge on any atom is -0.478 e. The van der Waals surface area contributed by atoms with Crippen LogP contribution < -0.4 is 10.6 Å². The zero-order valence-corrected chi connectivity index (χ0v) is 12.4. The van der Waals surface area contributed by atoms with Crippen molar-refractivity contribution in [2.75, 3.05) is 0 Å². The number of nitrogens with one attached hydrogen (secondary N) is 2. The Morgan fingerprint density at radius 2 is 2.19 bits per heavy atom. The Bertz CT molecular complexity index is 524. The minimum atomic E-state index is -1.02. The Balaban J connectivity index is 1.81. The summed E-state index contributed by atoms with van der Waals surface area (Å²) in [4.78, 5) is 22.7. The maximum absolute atomic E-state index is 11.8. The van der Waals surface area contributed by atoms with E-state index in [0.717, 1.165) is 19.3 Å². The van der Waals surface area contributed by atoms with Crippen molar-refractivity contribution in [2.45, 2.75) is 52.1 Å². The van der Waals surface area contributed by atoms with Gasteiger partial charge in [-0.15, -0.1) is 0 Å². The lowest BCUT2D eigenvalue weighted by molar-refractivity contribution is 0.0695. The standard InChI is InChI=1S/C15H22N2O4/c1-9-4-3-5-11(6-9)17-15(20)16-8-12-7-13(14(18)19)10(2)21-12/h7,9,11H,3-6,8H2,1-2H3,(H,18,19)(H2,16,17,20). The molecule has 0 saturated heterocycles. The Labute approximate surface area is 123 Å². The second-order valence-corrected chi connectivity index (χ2v) is 5.78. The average Bonchev–Trinajstić information content (AvgIpc) is 2.78. The number of carbonyl (C=O) groups is 2. The SMILES string of the molecule is Cc1oc(CNC(=O)NC2CCCC(C)C2)cc1C(=O)O. The van der Waals surface area contributed by atoms with Crippen LogP contribution in [-0.4, -0.2) is 23.1 Å². The summed E-state index contributed by atoms with van der Waals surface area (Å²) in [7, 11) is 0. The van der Waals surface area contributed by atoms with Crippen LogP contribution in [0.2, 0.25) is 0 Å². The monoisotopic (exact) mass is 294 g/mol. The summed E-state index contributed by atoms with van der Waals surface area (Å²) in [6.45, 7) is 3.98. The number of carboxylic acid groups (broad SMARTS) is 1. The summed E-state index contributed by atoms with van der Waals surface area (Å²) < 4.78 is 5.31. The van der Waals surface area contributed by atoms with Crippen LogP contribution >= 0.6 is 0 Å². The maximum Gasteiger partial charge on any atom is 0.339 e. The molecular weight excluding hydrogens is 272 g/mol. The molecule has 1 saturated carbocycles. The highest BCUT2D eigenvalue weighted by Crippen LogP contribution is 2.23. The fourth-order valence-electron chi connectivity index (χ4n) is 2.81. The molecule has 0 aromatic carbocycles. The highest BCUT2D eigenvalue weighted by Gasteiger charge is 2.20. The number of furan rings is 1. The Hall–Kier alpha value is -1.98. The van der Waals surface area contributed by atoms with Gasteiger partial charge in [0, 0.05) is 6.04 Å². The van der Waals surface area contributed by atoms with E-state index in [4.69, 9.17) is 9.52 Å². The number of rotatable bonds is 4. The average molecular weight is 294 g/mol. The quantitative estimate of drug-likeness (QED) is 0.796. The number of hydrogen-bond acceptors (Lipinski definition) is 3. The van der Waals surface area contributed by atoms with E-state index in [2.05, 4.69) is 17.6 Å². The van der Waals surface area contributed by atoms with Crippen LogP contribution in [0.5, 0.6) is 0 Å². The van der Waals surface area contributed by atoms with E-state index in [1.54, 1.807) is 6.92 Å². The molecule has 116 valence electrons. The van der Waals surface area contributed by atoms with E-state index >= 15 is 0 Å². The van der Waals surface area contributed by atoms with Gasteiger partial charge in [-0.1, -0.05) is 19.8 Å². The van der Waals surface area contributed by atoms with Crippen molar-refractivity contribution in [1.82, 2.24) is 10.6 Å². The number of aryl methyl sites for hydroxylation is 1. The maximum atomic E-state index is 11.8. The Kier molecular flexibility index (Phi) is 4.88. The van der Waals surface area contributed by atoms with Crippen LogP contribution in [-0.2, 0) is 6.54 Å². The first kappa shape index (κ1) is 15.4. The normalized spacial score (nSPS) is 21.8. The molecule has 0 spiro atoms. The van der Waals surface area contributed by atoms with Gasteiger partial charge in [0.05, 0.1) is 6.54 Å². The summed E-state index contributed by atoms with van der Waals surface area (Å²) in [5.74, 6) is 0.413. The highest BCUT2D eigenvalue weighted by atomic mass is 16.4. The van der Waals surface area contributed by atoms with Crippen molar-refractivity contribution in [3.8, 4) is 0 Å². The fourth-order valence-corrected chi connectivity index (χ4v) is 2.81. The molecular formula is C15H22N2O4. The number of amides is 2. The first-order valence-electron chi connectivity index (χ1n) is 7.32. The van der Waals surface area contributed by atoms with Crippen LogP contribution in [0.25, 0.3) is 0 Å². The van der Waals surface area contributed by atoms with E-state index in [1.807, 2.05) is 0 Å². The molecule has 1 fully saturated rings. The van der Waals surface area contributed by atoms with Crippen LogP contribution in [0.1, 0.15) is 54.5 Å². The third-order valence-corrected chi connectivity index (χ3v) is 3.89. The minimum absolute atomic E-state index is 0.133. The lowest BCUT2D eigenvalue weighted by atomic mass is 9.87. The predicted octanol–water partition coefficient (Wildman–Crippen LogP) is 2.66. The van der Waals surface area contributed by atoms with Crippen LogP contribution in [0.15, 0.2) is 10.5 Å². The molecule has 1 aliphatic rings. The number of urea groups is 1. The van der Waals surface area contributed by atoms with Crippen LogP contribution in [0, 0.1) is 12.8 Å². The molecule has 6 heteroatoms. The van der Waals surface area contributed by atoms with Gasteiger partial charge in [-0.05, 0) is 31.7 Å². The number of carboxylic acids is 1.